The largest absolute Gasteiger partial charge is 0.508 e. The summed E-state index contributed by atoms with van der Waals surface area (Å²) >= 11 is 0. The fourth-order valence-electron chi connectivity index (χ4n) is 2.53. The first-order chi connectivity index (χ1) is 10.6. The van der Waals surface area contributed by atoms with Crippen molar-refractivity contribution in [3.05, 3.63) is 65.2 Å². The van der Waals surface area contributed by atoms with E-state index >= 15 is 0 Å². The van der Waals surface area contributed by atoms with Gasteiger partial charge in [-0.3, -0.25) is 4.79 Å². The lowest BCUT2D eigenvalue weighted by molar-refractivity contribution is -0.125. The molecule has 1 N–H and O–H groups in total. The van der Waals surface area contributed by atoms with Gasteiger partial charge in [-0.2, -0.15) is 0 Å². The highest BCUT2D eigenvalue weighted by Gasteiger charge is 2.24. The van der Waals surface area contributed by atoms with Crippen molar-refractivity contribution in [1.29, 1.82) is 0 Å². The van der Waals surface area contributed by atoms with Gasteiger partial charge in [0, 0.05) is 17.3 Å². The Labute approximate surface area is 139 Å². The van der Waals surface area contributed by atoms with Crippen LogP contribution in [0, 0.1) is 5.41 Å². The molecule has 2 rings (SSSR count). The smallest absolute Gasteiger partial charge is 0.142 e. The molecular weight excluding hydrogens is 284 g/mol. The Morgan fingerprint density at radius 2 is 1.26 bits per heavy atom. The van der Waals surface area contributed by atoms with E-state index in [0.717, 1.165) is 11.1 Å². The molecule has 0 saturated carbocycles. The number of Topliss-reactive ketones (excluding diaryl/α,β-unsaturated/α-hetero) is 1. The molecule has 0 fully saturated rings. The summed E-state index contributed by atoms with van der Waals surface area (Å²) in [5.41, 5.74) is 2.93. The van der Waals surface area contributed by atoms with Crippen LogP contribution in [-0.4, -0.2) is 10.9 Å². The average Bonchev–Trinajstić information content (AvgIpc) is 2.47. The number of ketones is 1. The Morgan fingerprint density at radius 3 is 1.70 bits per heavy atom. The van der Waals surface area contributed by atoms with Gasteiger partial charge < -0.3 is 5.11 Å². The Kier molecular flexibility index (Phi) is 4.65. The Morgan fingerprint density at radius 1 is 0.826 bits per heavy atom. The molecule has 2 aromatic rings. The minimum atomic E-state index is -0.302. The lowest BCUT2D eigenvalue weighted by Crippen LogP contribution is -2.22. The van der Waals surface area contributed by atoms with Crippen LogP contribution in [0.1, 0.15) is 51.3 Å². The minimum absolute atomic E-state index is 0.153. The quantitative estimate of drug-likeness (QED) is 0.874. The van der Waals surface area contributed by atoms with Crippen LogP contribution in [0.4, 0.5) is 0 Å². The van der Waals surface area contributed by atoms with Crippen LogP contribution in [0.15, 0.2) is 48.5 Å². The number of phenols is 1. The standard InChI is InChI=1S/C21H26O2/c1-20(2,3)19(23)14-15-6-8-16(9-7-15)21(4,5)17-10-12-18(22)13-11-17/h6-13,22H,14H2,1-5H3. The Hall–Kier alpha value is -2.09. The average molecular weight is 310 g/mol. The number of benzene rings is 2. The maximum absolute atomic E-state index is 12.1. The van der Waals surface area contributed by atoms with E-state index in [4.69, 9.17) is 0 Å². The van der Waals surface area contributed by atoms with Crippen molar-refractivity contribution in [2.75, 3.05) is 0 Å². The minimum Gasteiger partial charge on any atom is -0.508 e. The van der Waals surface area contributed by atoms with Gasteiger partial charge in [-0.25, -0.2) is 0 Å². The number of rotatable bonds is 4. The third-order valence-corrected chi connectivity index (χ3v) is 4.47. The van der Waals surface area contributed by atoms with Gasteiger partial charge in [0.15, 0.2) is 0 Å². The predicted octanol–water partition coefficient (Wildman–Crippen LogP) is 4.88. The molecular formula is C21H26O2. The summed E-state index contributed by atoms with van der Waals surface area (Å²) in [6.45, 7) is 10.2. The summed E-state index contributed by atoms with van der Waals surface area (Å²) in [7, 11) is 0. The zero-order valence-electron chi connectivity index (χ0n) is 14.7. The SMILES string of the molecule is CC(C)(C)C(=O)Cc1ccc(C(C)(C)c2ccc(O)cc2)cc1. The molecule has 0 radical (unpaired) electrons. The van der Waals surface area contributed by atoms with Gasteiger partial charge in [-0.15, -0.1) is 0 Å². The highest BCUT2D eigenvalue weighted by Crippen LogP contribution is 2.32. The molecule has 122 valence electrons. The van der Waals surface area contributed by atoms with Crippen LogP contribution in [0.5, 0.6) is 5.75 Å². The first kappa shape index (κ1) is 17.3. The van der Waals surface area contributed by atoms with Crippen molar-refractivity contribution in [2.24, 2.45) is 5.41 Å². The maximum atomic E-state index is 12.1. The molecule has 23 heavy (non-hydrogen) atoms. The van der Waals surface area contributed by atoms with Crippen molar-refractivity contribution in [3.8, 4) is 5.75 Å². The molecule has 0 spiro atoms. The van der Waals surface area contributed by atoms with Gasteiger partial charge >= 0.3 is 0 Å². The van der Waals surface area contributed by atoms with Crippen molar-refractivity contribution in [1.82, 2.24) is 0 Å². The molecule has 2 heteroatoms. The summed E-state index contributed by atoms with van der Waals surface area (Å²) in [5, 5.41) is 9.45. The number of carbonyl (C=O) groups is 1. The molecule has 2 nitrogen and oxygen atoms in total. The highest BCUT2D eigenvalue weighted by atomic mass is 16.3. The molecule has 0 saturated heterocycles. The third-order valence-electron chi connectivity index (χ3n) is 4.47. The highest BCUT2D eigenvalue weighted by molar-refractivity contribution is 5.85. The molecule has 0 heterocycles. The van der Waals surface area contributed by atoms with Crippen LogP contribution >= 0.6 is 0 Å². The second-order valence-corrected chi connectivity index (χ2v) is 7.72. The normalized spacial score (nSPS) is 12.2. The summed E-state index contributed by atoms with van der Waals surface area (Å²) < 4.78 is 0. The molecule has 0 bridgehead atoms. The molecule has 0 aliphatic carbocycles. The van der Waals surface area contributed by atoms with Crippen molar-refractivity contribution in [3.63, 3.8) is 0 Å². The number of aromatic hydroxyl groups is 1. The van der Waals surface area contributed by atoms with E-state index in [1.165, 1.54) is 5.56 Å². The van der Waals surface area contributed by atoms with E-state index in [1.807, 2.05) is 45.0 Å². The van der Waals surface area contributed by atoms with Gasteiger partial charge in [0.2, 0.25) is 0 Å². The van der Waals surface area contributed by atoms with Gasteiger partial charge in [-0.05, 0) is 28.8 Å². The zero-order valence-corrected chi connectivity index (χ0v) is 14.7. The van der Waals surface area contributed by atoms with Gasteiger partial charge in [0.05, 0.1) is 0 Å². The van der Waals surface area contributed by atoms with Crippen LogP contribution in [-0.2, 0) is 16.6 Å². The summed E-state index contributed by atoms with van der Waals surface area (Å²) in [5.74, 6) is 0.531. The van der Waals surface area contributed by atoms with E-state index in [9.17, 15) is 9.90 Å². The number of carbonyl (C=O) groups excluding carboxylic acids is 1. The predicted molar refractivity (Wildman–Crippen MR) is 94.8 cm³/mol. The number of hydrogen-bond acceptors (Lipinski definition) is 2. The fraction of sp³-hybridized carbons (Fsp3) is 0.381. The third kappa shape index (κ3) is 4.01. The maximum Gasteiger partial charge on any atom is 0.142 e. The molecule has 0 unspecified atom stereocenters. The lowest BCUT2D eigenvalue weighted by Gasteiger charge is -2.26. The fourth-order valence-corrected chi connectivity index (χ4v) is 2.53. The molecule has 0 aliphatic rings. The van der Waals surface area contributed by atoms with Crippen molar-refractivity contribution >= 4 is 5.78 Å². The Balaban J connectivity index is 2.21. The van der Waals surface area contributed by atoms with Gasteiger partial charge in [0.1, 0.15) is 11.5 Å². The van der Waals surface area contributed by atoms with E-state index in [1.54, 1.807) is 12.1 Å². The Bertz CT molecular complexity index is 671. The number of hydrogen-bond donors (Lipinski definition) is 1. The molecule has 0 aliphatic heterocycles. The molecule has 0 amide bonds. The second kappa shape index (κ2) is 6.19. The monoisotopic (exact) mass is 310 g/mol. The first-order valence-electron chi connectivity index (χ1n) is 8.03. The summed E-state index contributed by atoms with van der Waals surface area (Å²) in [6.07, 6.45) is 0.476. The second-order valence-electron chi connectivity index (χ2n) is 7.72. The first-order valence-corrected chi connectivity index (χ1v) is 8.03. The number of phenolic OH excluding ortho intramolecular Hbond substituents is 1. The summed E-state index contributed by atoms with van der Waals surface area (Å²) in [6, 6.07) is 15.6. The van der Waals surface area contributed by atoms with Crippen molar-refractivity contribution in [2.45, 2.75) is 46.5 Å². The van der Waals surface area contributed by atoms with E-state index in [0.29, 0.717) is 6.42 Å². The van der Waals surface area contributed by atoms with Crippen LogP contribution in [0.3, 0.4) is 0 Å². The van der Waals surface area contributed by atoms with Crippen molar-refractivity contribution < 1.29 is 9.90 Å². The topological polar surface area (TPSA) is 37.3 Å². The lowest BCUT2D eigenvalue weighted by atomic mass is 9.77. The van der Waals surface area contributed by atoms with Crippen LogP contribution in [0.25, 0.3) is 0 Å². The van der Waals surface area contributed by atoms with Gasteiger partial charge in [0.25, 0.3) is 0 Å². The van der Waals surface area contributed by atoms with Crippen LogP contribution < -0.4 is 0 Å². The molecule has 0 atom stereocenters. The van der Waals surface area contributed by atoms with E-state index in [2.05, 4.69) is 26.0 Å². The van der Waals surface area contributed by atoms with E-state index in [-0.39, 0.29) is 22.4 Å². The zero-order chi connectivity index (χ0) is 17.3. The summed E-state index contributed by atoms with van der Waals surface area (Å²) in [4.78, 5) is 12.1. The molecule has 0 aromatic heterocycles. The van der Waals surface area contributed by atoms with E-state index < -0.39 is 0 Å². The van der Waals surface area contributed by atoms with Crippen LogP contribution in [0.2, 0.25) is 0 Å². The molecule has 2 aromatic carbocycles. The van der Waals surface area contributed by atoms with Gasteiger partial charge in [-0.1, -0.05) is 71.0 Å².